The lowest BCUT2D eigenvalue weighted by molar-refractivity contribution is -0.111. The minimum atomic E-state index is -0.608. The lowest BCUT2D eigenvalue weighted by atomic mass is 9.98. The number of ether oxygens (including phenoxy) is 1. The molecule has 0 atom stereocenters. The van der Waals surface area contributed by atoms with Crippen LogP contribution in [0.25, 0.3) is 0 Å². The van der Waals surface area contributed by atoms with Gasteiger partial charge in [-0.25, -0.2) is 9.18 Å². The van der Waals surface area contributed by atoms with E-state index in [2.05, 4.69) is 0 Å². The zero-order valence-electron chi connectivity index (χ0n) is 13.3. The highest BCUT2D eigenvalue weighted by atomic mass is 19.1. The summed E-state index contributed by atoms with van der Waals surface area (Å²) in [6.45, 7) is 6.60. The summed E-state index contributed by atoms with van der Waals surface area (Å²) >= 11 is 0. The molecule has 5 heteroatoms. The molecule has 2 rings (SSSR count). The molecule has 1 aromatic rings. The van der Waals surface area contributed by atoms with Gasteiger partial charge in [-0.15, -0.1) is 0 Å². The molecule has 0 saturated carbocycles. The Kier molecular flexibility index (Phi) is 4.84. The van der Waals surface area contributed by atoms with E-state index in [-0.39, 0.29) is 11.5 Å². The SMILES string of the molecule is CC(C)(C)OC(=O)c1ccc(N2CCC(C=O)CC2)c(F)c1. The molecule has 0 spiro atoms. The van der Waals surface area contributed by atoms with Crippen molar-refractivity contribution in [3.63, 3.8) is 0 Å². The van der Waals surface area contributed by atoms with E-state index in [9.17, 15) is 14.0 Å². The number of esters is 1. The largest absolute Gasteiger partial charge is 0.456 e. The van der Waals surface area contributed by atoms with Gasteiger partial charge in [0.15, 0.2) is 0 Å². The van der Waals surface area contributed by atoms with Crippen molar-refractivity contribution in [3.8, 4) is 0 Å². The van der Waals surface area contributed by atoms with Gasteiger partial charge in [0.1, 0.15) is 17.7 Å². The standard InChI is InChI=1S/C17H22FNO3/c1-17(2,3)22-16(21)13-4-5-15(14(18)10-13)19-8-6-12(11-20)7-9-19/h4-5,10-12H,6-9H2,1-3H3. The van der Waals surface area contributed by atoms with Gasteiger partial charge in [-0.3, -0.25) is 0 Å². The zero-order valence-corrected chi connectivity index (χ0v) is 13.3. The molecule has 1 saturated heterocycles. The van der Waals surface area contributed by atoms with E-state index in [4.69, 9.17) is 4.74 Å². The molecule has 0 aliphatic carbocycles. The van der Waals surface area contributed by atoms with Crippen molar-refractivity contribution < 1.29 is 18.7 Å². The summed E-state index contributed by atoms with van der Waals surface area (Å²) in [6.07, 6.45) is 2.44. The van der Waals surface area contributed by atoms with Crippen LogP contribution in [0.1, 0.15) is 44.0 Å². The molecule has 0 bridgehead atoms. The summed E-state index contributed by atoms with van der Waals surface area (Å²) in [6, 6.07) is 4.41. The van der Waals surface area contributed by atoms with Crippen molar-refractivity contribution in [2.75, 3.05) is 18.0 Å². The molecule has 0 aromatic heterocycles. The molecule has 1 heterocycles. The summed E-state index contributed by atoms with van der Waals surface area (Å²) in [5, 5.41) is 0. The fourth-order valence-electron chi connectivity index (χ4n) is 2.50. The fraction of sp³-hybridized carbons (Fsp3) is 0.529. The maximum Gasteiger partial charge on any atom is 0.338 e. The molecule has 0 N–H and O–H groups in total. The number of rotatable bonds is 3. The first-order valence-corrected chi connectivity index (χ1v) is 7.53. The van der Waals surface area contributed by atoms with E-state index < -0.39 is 17.4 Å². The van der Waals surface area contributed by atoms with Gasteiger partial charge in [0, 0.05) is 19.0 Å². The van der Waals surface area contributed by atoms with Crippen LogP contribution in [0, 0.1) is 11.7 Å². The summed E-state index contributed by atoms with van der Waals surface area (Å²) in [5.41, 5.74) is 0.0683. The quantitative estimate of drug-likeness (QED) is 0.635. The third-order valence-corrected chi connectivity index (χ3v) is 3.66. The molecule has 22 heavy (non-hydrogen) atoms. The summed E-state index contributed by atoms with van der Waals surface area (Å²) < 4.78 is 19.5. The molecule has 1 aliphatic rings. The highest BCUT2D eigenvalue weighted by Gasteiger charge is 2.23. The summed E-state index contributed by atoms with van der Waals surface area (Å²) in [4.78, 5) is 24.6. The van der Waals surface area contributed by atoms with E-state index in [0.29, 0.717) is 18.8 Å². The average molecular weight is 307 g/mol. The molecular formula is C17H22FNO3. The molecule has 0 unspecified atom stereocenters. The highest BCUT2D eigenvalue weighted by Crippen LogP contribution is 2.26. The van der Waals surface area contributed by atoms with E-state index in [1.165, 1.54) is 6.07 Å². The van der Waals surface area contributed by atoms with Gasteiger partial charge in [-0.2, -0.15) is 0 Å². The van der Waals surface area contributed by atoms with Crippen LogP contribution in [0.2, 0.25) is 0 Å². The number of aldehydes is 1. The molecule has 0 amide bonds. The van der Waals surface area contributed by atoms with E-state index in [0.717, 1.165) is 19.1 Å². The molecule has 120 valence electrons. The van der Waals surface area contributed by atoms with Crippen LogP contribution in [0.4, 0.5) is 10.1 Å². The first kappa shape index (κ1) is 16.5. The number of piperidine rings is 1. The monoisotopic (exact) mass is 307 g/mol. The number of hydrogen-bond donors (Lipinski definition) is 0. The van der Waals surface area contributed by atoms with Gasteiger partial charge < -0.3 is 14.4 Å². The van der Waals surface area contributed by atoms with Gasteiger partial charge in [0.2, 0.25) is 0 Å². The molecule has 1 fully saturated rings. The predicted molar refractivity (Wildman–Crippen MR) is 82.6 cm³/mol. The Morgan fingerprint density at radius 1 is 1.32 bits per heavy atom. The molecular weight excluding hydrogens is 285 g/mol. The van der Waals surface area contributed by atoms with Crippen LogP contribution in [0.5, 0.6) is 0 Å². The van der Waals surface area contributed by atoms with Gasteiger partial charge in [0.25, 0.3) is 0 Å². The van der Waals surface area contributed by atoms with Crippen LogP contribution >= 0.6 is 0 Å². The van der Waals surface area contributed by atoms with Crippen molar-refractivity contribution in [3.05, 3.63) is 29.6 Å². The Morgan fingerprint density at radius 3 is 2.45 bits per heavy atom. The Morgan fingerprint density at radius 2 is 1.95 bits per heavy atom. The van der Waals surface area contributed by atoms with Crippen LogP contribution in [-0.4, -0.2) is 30.9 Å². The summed E-state index contributed by atoms with van der Waals surface area (Å²) in [7, 11) is 0. The zero-order chi connectivity index (χ0) is 16.3. The fourth-order valence-corrected chi connectivity index (χ4v) is 2.50. The first-order chi connectivity index (χ1) is 10.3. The number of benzene rings is 1. The Labute approximate surface area is 130 Å². The minimum absolute atomic E-state index is 0.0698. The molecule has 1 aromatic carbocycles. The number of halogens is 1. The Hall–Kier alpha value is -1.91. The highest BCUT2D eigenvalue weighted by molar-refractivity contribution is 5.90. The summed E-state index contributed by atoms with van der Waals surface area (Å²) in [5.74, 6) is -0.897. The number of carbonyl (C=O) groups is 2. The smallest absolute Gasteiger partial charge is 0.338 e. The minimum Gasteiger partial charge on any atom is -0.456 e. The number of anilines is 1. The number of hydrogen-bond acceptors (Lipinski definition) is 4. The maximum atomic E-state index is 14.3. The third-order valence-electron chi connectivity index (χ3n) is 3.66. The van der Waals surface area contributed by atoms with Gasteiger partial charge in [-0.05, 0) is 51.8 Å². The Bertz CT molecular complexity index is 558. The second-order valence-corrected chi connectivity index (χ2v) is 6.63. The van der Waals surface area contributed by atoms with Crippen molar-refractivity contribution >= 4 is 17.9 Å². The normalized spacial score (nSPS) is 16.5. The van der Waals surface area contributed by atoms with Crippen molar-refractivity contribution in [2.24, 2.45) is 5.92 Å². The second-order valence-electron chi connectivity index (χ2n) is 6.63. The first-order valence-electron chi connectivity index (χ1n) is 7.53. The predicted octanol–water partition coefficient (Wildman–Crippen LogP) is 3.20. The van der Waals surface area contributed by atoms with E-state index in [1.807, 2.05) is 4.90 Å². The van der Waals surface area contributed by atoms with E-state index >= 15 is 0 Å². The van der Waals surface area contributed by atoms with Crippen LogP contribution in [-0.2, 0) is 9.53 Å². The van der Waals surface area contributed by atoms with Crippen molar-refractivity contribution in [2.45, 2.75) is 39.2 Å². The van der Waals surface area contributed by atoms with Crippen molar-refractivity contribution in [1.29, 1.82) is 0 Å². The third kappa shape index (κ3) is 4.06. The van der Waals surface area contributed by atoms with Crippen LogP contribution in [0.3, 0.4) is 0 Å². The number of carbonyl (C=O) groups excluding carboxylic acids is 2. The molecule has 4 nitrogen and oxygen atoms in total. The average Bonchev–Trinajstić information content (AvgIpc) is 2.45. The van der Waals surface area contributed by atoms with Crippen LogP contribution < -0.4 is 4.90 Å². The number of nitrogens with zero attached hydrogens (tertiary/aromatic N) is 1. The lowest BCUT2D eigenvalue weighted by Gasteiger charge is -2.31. The maximum absolute atomic E-state index is 14.3. The topological polar surface area (TPSA) is 46.6 Å². The second kappa shape index (κ2) is 6.46. The van der Waals surface area contributed by atoms with Crippen molar-refractivity contribution in [1.82, 2.24) is 0 Å². The van der Waals surface area contributed by atoms with Gasteiger partial charge in [0.05, 0.1) is 11.3 Å². The lowest BCUT2D eigenvalue weighted by Crippen LogP contribution is -2.34. The van der Waals surface area contributed by atoms with Gasteiger partial charge in [-0.1, -0.05) is 0 Å². The van der Waals surface area contributed by atoms with E-state index in [1.54, 1.807) is 32.9 Å². The molecule has 0 radical (unpaired) electrons. The Balaban J connectivity index is 2.10. The molecule has 1 aliphatic heterocycles. The van der Waals surface area contributed by atoms with Gasteiger partial charge >= 0.3 is 5.97 Å². The van der Waals surface area contributed by atoms with Crippen LogP contribution in [0.15, 0.2) is 18.2 Å².